The Morgan fingerprint density at radius 2 is 0.818 bits per heavy atom. The van der Waals surface area contributed by atoms with E-state index in [1.807, 2.05) is 29.2 Å². The van der Waals surface area contributed by atoms with Gasteiger partial charge in [-0.3, -0.25) is 9.69 Å². The zero-order valence-electron chi connectivity index (χ0n) is 24.6. The topological polar surface area (TPSA) is 32.3 Å². The Bertz CT molecular complexity index is 1620. The summed E-state index contributed by atoms with van der Waals surface area (Å²) in [5, 5.41) is 3.47. The van der Waals surface area contributed by atoms with Gasteiger partial charge < -0.3 is 5.32 Å². The van der Waals surface area contributed by atoms with Crippen molar-refractivity contribution in [2.75, 3.05) is 11.4 Å². The first-order chi connectivity index (χ1) is 21.7. The second kappa shape index (κ2) is 12.5. The fourth-order valence-electron chi connectivity index (χ4n) is 6.12. The minimum Gasteiger partial charge on any atom is -0.306 e. The van der Waals surface area contributed by atoms with Crippen LogP contribution in [0.3, 0.4) is 0 Å². The van der Waals surface area contributed by atoms with Gasteiger partial charge in [0.25, 0.3) is 0 Å². The van der Waals surface area contributed by atoms with E-state index in [9.17, 15) is 4.79 Å². The van der Waals surface area contributed by atoms with E-state index in [1.165, 1.54) is 0 Å². The van der Waals surface area contributed by atoms with Crippen LogP contribution in [-0.2, 0) is 4.79 Å². The maximum atomic E-state index is 14.6. The number of anilines is 2. The van der Waals surface area contributed by atoms with Crippen molar-refractivity contribution in [3.8, 4) is 44.5 Å². The van der Waals surface area contributed by atoms with Gasteiger partial charge in [0.1, 0.15) is 0 Å². The van der Waals surface area contributed by atoms with Crippen LogP contribution in [0.4, 0.5) is 11.4 Å². The summed E-state index contributed by atoms with van der Waals surface area (Å²) in [5.74, 6) is 0.0657. The summed E-state index contributed by atoms with van der Waals surface area (Å²) < 4.78 is 0. The van der Waals surface area contributed by atoms with Crippen molar-refractivity contribution < 1.29 is 4.79 Å². The highest BCUT2D eigenvalue weighted by Gasteiger charge is 2.30. The van der Waals surface area contributed by atoms with Crippen molar-refractivity contribution in [3.63, 3.8) is 0 Å². The predicted octanol–water partition coefficient (Wildman–Crippen LogP) is 9.77. The molecule has 1 heterocycles. The molecule has 3 heteroatoms. The molecule has 1 amide bonds. The fraction of sp³-hybridized carbons (Fsp3) is 0.0976. The molecule has 0 saturated carbocycles. The van der Waals surface area contributed by atoms with Crippen LogP contribution >= 0.6 is 0 Å². The van der Waals surface area contributed by atoms with Crippen LogP contribution in [0.25, 0.3) is 44.5 Å². The summed E-state index contributed by atoms with van der Waals surface area (Å²) in [6.45, 7) is 0.850. The Morgan fingerprint density at radius 1 is 0.477 bits per heavy atom. The molecule has 1 atom stereocenters. The Hall–Kier alpha value is -5.25. The van der Waals surface area contributed by atoms with E-state index in [2.05, 4.69) is 139 Å². The molecular formula is C41H34N2O. The van der Waals surface area contributed by atoms with E-state index < -0.39 is 0 Å². The predicted molar refractivity (Wildman–Crippen MR) is 183 cm³/mol. The second-order valence-electron chi connectivity index (χ2n) is 11.3. The van der Waals surface area contributed by atoms with Gasteiger partial charge in [-0.2, -0.15) is 0 Å². The highest BCUT2D eigenvalue weighted by Crippen LogP contribution is 2.39. The number of nitrogens with zero attached hydrogens (tertiary/aromatic N) is 1. The fourth-order valence-corrected chi connectivity index (χ4v) is 6.12. The van der Waals surface area contributed by atoms with E-state index in [-0.39, 0.29) is 11.9 Å². The van der Waals surface area contributed by atoms with Gasteiger partial charge in [0.2, 0.25) is 5.91 Å². The lowest BCUT2D eigenvalue weighted by atomic mass is 9.95. The van der Waals surface area contributed by atoms with Gasteiger partial charge in [-0.05, 0) is 100 Å². The smallest absolute Gasteiger partial charge is 0.248 e. The van der Waals surface area contributed by atoms with Gasteiger partial charge in [-0.1, -0.05) is 121 Å². The van der Waals surface area contributed by atoms with Gasteiger partial charge in [0, 0.05) is 0 Å². The maximum Gasteiger partial charge on any atom is 0.248 e. The average molecular weight is 571 g/mol. The minimum absolute atomic E-state index is 0.0657. The first-order valence-corrected chi connectivity index (χ1v) is 15.3. The molecule has 1 aliphatic rings. The van der Waals surface area contributed by atoms with Crippen LogP contribution in [0.2, 0.25) is 0 Å². The Balaban J connectivity index is 1.47. The lowest BCUT2D eigenvalue weighted by molar-refractivity contribution is -0.119. The van der Waals surface area contributed by atoms with E-state index in [4.69, 9.17) is 0 Å². The highest BCUT2D eigenvalue weighted by atomic mass is 16.2. The van der Waals surface area contributed by atoms with Crippen molar-refractivity contribution >= 4 is 17.3 Å². The molecule has 44 heavy (non-hydrogen) atoms. The lowest BCUT2D eigenvalue weighted by Crippen LogP contribution is -2.41. The van der Waals surface area contributed by atoms with Crippen LogP contribution in [-0.4, -0.2) is 18.5 Å². The third-order valence-electron chi connectivity index (χ3n) is 8.36. The van der Waals surface area contributed by atoms with Gasteiger partial charge in [0.05, 0.1) is 17.4 Å². The van der Waals surface area contributed by atoms with Gasteiger partial charge in [0.15, 0.2) is 0 Å². The molecule has 1 saturated heterocycles. The van der Waals surface area contributed by atoms with Crippen LogP contribution in [0, 0.1) is 0 Å². The number of hydrogen-bond acceptors (Lipinski definition) is 2. The lowest BCUT2D eigenvalue weighted by Gasteiger charge is -2.28. The quantitative estimate of drug-likeness (QED) is 0.207. The van der Waals surface area contributed by atoms with E-state index in [1.54, 1.807) is 0 Å². The van der Waals surface area contributed by atoms with Crippen molar-refractivity contribution in [1.29, 1.82) is 0 Å². The van der Waals surface area contributed by atoms with Crippen molar-refractivity contribution in [3.05, 3.63) is 158 Å². The molecule has 1 unspecified atom stereocenters. The van der Waals surface area contributed by atoms with Gasteiger partial charge in [-0.15, -0.1) is 0 Å². The first-order valence-electron chi connectivity index (χ1n) is 15.3. The zero-order valence-corrected chi connectivity index (χ0v) is 24.6. The van der Waals surface area contributed by atoms with Crippen molar-refractivity contribution in [1.82, 2.24) is 5.32 Å². The molecule has 6 aromatic rings. The highest BCUT2D eigenvalue weighted by molar-refractivity contribution is 6.06. The van der Waals surface area contributed by atoms with E-state index >= 15 is 0 Å². The monoisotopic (exact) mass is 570 g/mol. The molecule has 0 spiro atoms. The van der Waals surface area contributed by atoms with E-state index in [0.717, 1.165) is 75.3 Å². The van der Waals surface area contributed by atoms with Crippen molar-refractivity contribution in [2.45, 2.75) is 18.9 Å². The van der Waals surface area contributed by atoms with Gasteiger partial charge in [-0.25, -0.2) is 0 Å². The number of carbonyl (C=O) groups is 1. The SMILES string of the molecule is O=C(C1CCCN1)N(c1cc(-c2ccccc2)cc(-c2ccccc2)c1)c1cc(-c2ccccc2)cc(-c2ccccc2)c1. The molecule has 7 rings (SSSR count). The summed E-state index contributed by atoms with van der Waals surface area (Å²) in [4.78, 5) is 16.5. The third kappa shape index (κ3) is 5.83. The first kappa shape index (κ1) is 27.6. The number of nitrogens with one attached hydrogen (secondary N) is 1. The summed E-state index contributed by atoms with van der Waals surface area (Å²) in [7, 11) is 0. The normalized spacial score (nSPS) is 14.3. The number of rotatable bonds is 7. The summed E-state index contributed by atoms with van der Waals surface area (Å²) in [5.41, 5.74) is 10.4. The molecule has 1 N–H and O–H groups in total. The molecule has 6 aromatic carbocycles. The third-order valence-corrected chi connectivity index (χ3v) is 8.36. The largest absolute Gasteiger partial charge is 0.306 e. The molecule has 0 aliphatic carbocycles. The molecule has 0 aromatic heterocycles. The molecule has 0 bridgehead atoms. The average Bonchev–Trinajstić information content (AvgIpc) is 3.65. The summed E-state index contributed by atoms with van der Waals surface area (Å²) in [6, 6.07) is 54.5. The molecule has 3 nitrogen and oxygen atoms in total. The molecule has 1 fully saturated rings. The number of hydrogen-bond donors (Lipinski definition) is 1. The summed E-state index contributed by atoms with van der Waals surface area (Å²) in [6.07, 6.45) is 1.81. The molecule has 0 radical (unpaired) electrons. The number of amides is 1. The molecule has 1 aliphatic heterocycles. The van der Waals surface area contributed by atoms with Crippen LogP contribution < -0.4 is 10.2 Å². The van der Waals surface area contributed by atoms with E-state index in [0.29, 0.717) is 0 Å². The Morgan fingerprint density at radius 3 is 1.11 bits per heavy atom. The minimum atomic E-state index is -0.240. The Labute approximate surface area is 259 Å². The Kier molecular flexibility index (Phi) is 7.86. The van der Waals surface area contributed by atoms with Gasteiger partial charge >= 0.3 is 0 Å². The molecule has 214 valence electrons. The maximum absolute atomic E-state index is 14.6. The second-order valence-corrected chi connectivity index (χ2v) is 11.3. The van der Waals surface area contributed by atoms with Crippen molar-refractivity contribution in [2.24, 2.45) is 0 Å². The molecular weight excluding hydrogens is 536 g/mol. The number of carbonyl (C=O) groups excluding carboxylic acids is 1. The zero-order chi connectivity index (χ0) is 29.7. The van der Waals surface area contributed by atoms with Crippen LogP contribution in [0.15, 0.2) is 158 Å². The standard InChI is InChI=1S/C41H34N2O/c44-41(40-22-13-23-42-40)43(38-26-34(30-14-5-1-6-15-30)24-35(27-38)31-16-7-2-8-17-31)39-28-36(32-18-9-3-10-19-32)25-37(29-39)33-20-11-4-12-21-33/h1-12,14-21,24-29,40,42H,13,22-23H2. The van der Waals surface area contributed by atoms with Crippen LogP contribution in [0.5, 0.6) is 0 Å². The summed E-state index contributed by atoms with van der Waals surface area (Å²) >= 11 is 0. The number of benzene rings is 6. The van der Waals surface area contributed by atoms with Crippen LogP contribution in [0.1, 0.15) is 12.8 Å².